The molecule has 21 heavy (non-hydrogen) atoms. The maximum atomic E-state index is 12.7. The monoisotopic (exact) mass is 335 g/mol. The first-order valence-electron chi connectivity index (χ1n) is 6.47. The van der Waals surface area contributed by atoms with Gasteiger partial charge in [0.25, 0.3) is 10.0 Å². The number of nitro groups is 1. The topological polar surface area (TPSA) is 102 Å². The molecule has 1 N–H and O–H groups in total. The third-order valence-corrected chi connectivity index (χ3v) is 6.86. The van der Waals surface area contributed by atoms with Crippen molar-refractivity contribution in [2.24, 2.45) is 0 Å². The molecule has 1 unspecified atom stereocenters. The van der Waals surface area contributed by atoms with Gasteiger partial charge < -0.3 is 10.1 Å². The summed E-state index contributed by atoms with van der Waals surface area (Å²) < 4.78 is 32.0. The van der Waals surface area contributed by atoms with Crippen molar-refractivity contribution in [3.8, 4) is 0 Å². The minimum atomic E-state index is -3.74. The lowest BCUT2D eigenvalue weighted by Crippen LogP contribution is -2.48. The zero-order valence-electron chi connectivity index (χ0n) is 11.7. The quantitative estimate of drug-likeness (QED) is 0.646. The molecule has 1 aromatic rings. The molecule has 0 radical (unpaired) electrons. The van der Waals surface area contributed by atoms with Gasteiger partial charge in [-0.2, -0.15) is 4.31 Å². The van der Waals surface area contributed by atoms with Crippen LogP contribution in [-0.4, -0.2) is 50.5 Å². The van der Waals surface area contributed by atoms with Crippen LogP contribution in [0.3, 0.4) is 0 Å². The summed E-state index contributed by atoms with van der Waals surface area (Å²) in [5.41, 5.74) is -0.220. The Morgan fingerprint density at radius 3 is 2.86 bits per heavy atom. The standard InChI is InChI=1S/C11H17N3O5S2/c1-3-8-7-19-5-4-13(8)21(17,18)10-6-9(14(15)16)11(12-2)20-10/h6,8,12H,3-5,7H2,1-2H3. The molecule has 8 nitrogen and oxygen atoms in total. The smallest absolute Gasteiger partial charge is 0.304 e. The van der Waals surface area contributed by atoms with Crippen molar-refractivity contribution in [1.29, 1.82) is 0 Å². The largest absolute Gasteiger partial charge is 0.378 e. The summed E-state index contributed by atoms with van der Waals surface area (Å²) in [6, 6.07) is 0.886. The molecule has 118 valence electrons. The lowest BCUT2D eigenvalue weighted by molar-refractivity contribution is -0.383. The van der Waals surface area contributed by atoms with Crippen LogP contribution in [0, 0.1) is 10.1 Å². The van der Waals surface area contributed by atoms with E-state index in [4.69, 9.17) is 4.74 Å². The maximum absolute atomic E-state index is 12.7. The number of hydrogen-bond acceptors (Lipinski definition) is 7. The van der Waals surface area contributed by atoms with Crippen LogP contribution in [-0.2, 0) is 14.8 Å². The molecular formula is C11H17N3O5S2. The molecule has 10 heteroatoms. The van der Waals surface area contributed by atoms with E-state index < -0.39 is 14.9 Å². The predicted octanol–water partition coefficient (Wildman–Crippen LogP) is 1.50. The Bertz CT molecular complexity index is 628. The van der Waals surface area contributed by atoms with E-state index in [0.29, 0.717) is 19.6 Å². The molecule has 1 aromatic heterocycles. The first-order valence-corrected chi connectivity index (χ1v) is 8.73. The third-order valence-electron chi connectivity index (χ3n) is 3.32. The molecule has 1 fully saturated rings. The molecule has 0 saturated carbocycles. The second kappa shape index (κ2) is 6.26. The Hall–Kier alpha value is -1.23. The fraction of sp³-hybridized carbons (Fsp3) is 0.636. The van der Waals surface area contributed by atoms with Crippen LogP contribution in [0.4, 0.5) is 10.7 Å². The lowest BCUT2D eigenvalue weighted by atomic mass is 10.2. The van der Waals surface area contributed by atoms with Gasteiger partial charge in [-0.1, -0.05) is 18.3 Å². The van der Waals surface area contributed by atoms with E-state index in [0.717, 1.165) is 17.4 Å². The van der Waals surface area contributed by atoms with Gasteiger partial charge >= 0.3 is 5.69 Å². The summed E-state index contributed by atoms with van der Waals surface area (Å²) in [4.78, 5) is 10.4. The van der Waals surface area contributed by atoms with Crippen LogP contribution in [0.15, 0.2) is 10.3 Å². The van der Waals surface area contributed by atoms with Crippen molar-refractivity contribution in [2.45, 2.75) is 23.6 Å². The van der Waals surface area contributed by atoms with Crippen molar-refractivity contribution >= 4 is 32.0 Å². The van der Waals surface area contributed by atoms with Crippen molar-refractivity contribution in [2.75, 3.05) is 32.1 Å². The van der Waals surface area contributed by atoms with Crippen LogP contribution in [0.25, 0.3) is 0 Å². The van der Waals surface area contributed by atoms with Gasteiger partial charge in [-0.3, -0.25) is 10.1 Å². The highest BCUT2D eigenvalue weighted by atomic mass is 32.2. The normalized spacial score (nSPS) is 20.4. The zero-order valence-corrected chi connectivity index (χ0v) is 13.4. The van der Waals surface area contributed by atoms with Crippen molar-refractivity contribution in [3.63, 3.8) is 0 Å². The summed E-state index contributed by atoms with van der Waals surface area (Å²) in [5.74, 6) is 0. The molecular weight excluding hydrogens is 318 g/mol. The SMILES string of the molecule is CCC1COCCN1S(=O)(=O)c1cc([N+](=O)[O-])c(NC)s1. The second-order valence-electron chi connectivity index (χ2n) is 4.54. The zero-order chi connectivity index (χ0) is 15.6. The highest BCUT2D eigenvalue weighted by Gasteiger charge is 2.36. The molecule has 2 heterocycles. The Labute approximate surface area is 126 Å². The fourth-order valence-electron chi connectivity index (χ4n) is 2.19. The Balaban J connectivity index is 2.41. The fourth-order valence-corrected chi connectivity index (χ4v) is 5.27. The average Bonchev–Trinajstić information content (AvgIpc) is 2.92. The van der Waals surface area contributed by atoms with Gasteiger partial charge in [-0.05, 0) is 6.42 Å². The number of sulfonamides is 1. The molecule has 0 aromatic carbocycles. The molecule has 1 aliphatic heterocycles. The van der Waals surface area contributed by atoms with Gasteiger partial charge in [-0.15, -0.1) is 0 Å². The van der Waals surface area contributed by atoms with Crippen LogP contribution in [0.5, 0.6) is 0 Å². The van der Waals surface area contributed by atoms with E-state index in [-0.39, 0.29) is 27.5 Å². The lowest BCUT2D eigenvalue weighted by Gasteiger charge is -2.33. The molecule has 0 amide bonds. The van der Waals surface area contributed by atoms with Crippen molar-refractivity contribution < 1.29 is 18.1 Å². The van der Waals surface area contributed by atoms with E-state index in [1.54, 1.807) is 0 Å². The molecule has 0 spiro atoms. The van der Waals surface area contributed by atoms with Crippen LogP contribution >= 0.6 is 11.3 Å². The molecule has 1 aliphatic rings. The molecule has 1 saturated heterocycles. The van der Waals surface area contributed by atoms with E-state index >= 15 is 0 Å². The highest BCUT2D eigenvalue weighted by Crippen LogP contribution is 2.38. The van der Waals surface area contributed by atoms with Gasteiger partial charge in [0, 0.05) is 25.7 Å². The first-order chi connectivity index (χ1) is 9.91. The third kappa shape index (κ3) is 3.03. The average molecular weight is 335 g/mol. The second-order valence-corrected chi connectivity index (χ2v) is 7.71. The molecule has 2 rings (SSSR count). The number of ether oxygens (including phenoxy) is 1. The number of rotatable bonds is 5. The van der Waals surface area contributed by atoms with E-state index in [2.05, 4.69) is 5.32 Å². The summed E-state index contributed by atoms with van der Waals surface area (Å²) in [7, 11) is -2.21. The Morgan fingerprint density at radius 2 is 2.33 bits per heavy atom. The maximum Gasteiger partial charge on any atom is 0.304 e. The van der Waals surface area contributed by atoms with Crippen molar-refractivity contribution in [1.82, 2.24) is 4.31 Å². The van der Waals surface area contributed by atoms with Gasteiger partial charge in [0.05, 0.1) is 18.1 Å². The summed E-state index contributed by atoms with van der Waals surface area (Å²) in [5, 5.41) is 13.9. The Morgan fingerprint density at radius 1 is 1.62 bits per heavy atom. The number of thiophene rings is 1. The molecule has 1 atom stereocenters. The Kier molecular flexibility index (Phi) is 4.81. The minimum absolute atomic E-state index is 0.0149. The number of morpholine rings is 1. The van der Waals surface area contributed by atoms with E-state index in [1.165, 1.54) is 11.4 Å². The first kappa shape index (κ1) is 16.1. The summed E-state index contributed by atoms with van der Waals surface area (Å²) in [6.45, 7) is 2.84. The van der Waals surface area contributed by atoms with Crippen LogP contribution in [0.1, 0.15) is 13.3 Å². The number of anilines is 1. The van der Waals surface area contributed by atoms with Crippen LogP contribution in [0.2, 0.25) is 0 Å². The van der Waals surface area contributed by atoms with E-state index in [9.17, 15) is 18.5 Å². The predicted molar refractivity (Wildman–Crippen MR) is 79.3 cm³/mol. The molecule has 0 aliphatic carbocycles. The summed E-state index contributed by atoms with van der Waals surface area (Å²) in [6.07, 6.45) is 0.631. The van der Waals surface area contributed by atoms with E-state index in [1.807, 2.05) is 6.92 Å². The number of hydrogen-bond donors (Lipinski definition) is 1. The minimum Gasteiger partial charge on any atom is -0.378 e. The van der Waals surface area contributed by atoms with Gasteiger partial charge in [-0.25, -0.2) is 8.42 Å². The number of nitrogens with zero attached hydrogens (tertiary/aromatic N) is 2. The highest BCUT2D eigenvalue weighted by molar-refractivity contribution is 7.91. The molecule has 0 bridgehead atoms. The van der Waals surface area contributed by atoms with Gasteiger partial charge in [0.1, 0.15) is 4.21 Å². The van der Waals surface area contributed by atoms with Crippen molar-refractivity contribution in [3.05, 3.63) is 16.2 Å². The van der Waals surface area contributed by atoms with Gasteiger partial charge in [0.15, 0.2) is 5.00 Å². The van der Waals surface area contributed by atoms with Crippen LogP contribution < -0.4 is 5.32 Å². The van der Waals surface area contributed by atoms with Gasteiger partial charge in [0.2, 0.25) is 0 Å². The summed E-state index contributed by atoms with van der Waals surface area (Å²) >= 11 is 0.878. The number of nitrogens with one attached hydrogen (secondary N) is 1.